The molecule has 1 atom stereocenters. The minimum atomic E-state index is 0.228. The van der Waals surface area contributed by atoms with E-state index < -0.39 is 0 Å². The van der Waals surface area contributed by atoms with Gasteiger partial charge in [-0.05, 0) is 55.3 Å². The van der Waals surface area contributed by atoms with E-state index in [1.807, 2.05) is 4.90 Å². The molecule has 0 radical (unpaired) electrons. The zero-order valence-electron chi connectivity index (χ0n) is 15.0. The first-order valence-electron chi connectivity index (χ1n) is 9.25. The smallest absolute Gasteiger partial charge is 0.226 e. The van der Waals surface area contributed by atoms with Gasteiger partial charge in [0.25, 0.3) is 0 Å². The van der Waals surface area contributed by atoms with Crippen molar-refractivity contribution in [2.45, 2.75) is 39.2 Å². The van der Waals surface area contributed by atoms with Crippen LogP contribution in [-0.4, -0.2) is 44.2 Å². The minimum absolute atomic E-state index is 0.228. The van der Waals surface area contributed by atoms with Crippen LogP contribution in [0.2, 0.25) is 0 Å². The molecule has 0 bridgehead atoms. The standard InChI is InChI=1S/C20H30N2O2/c1-3-16-4-6-17(7-5-16)15-22(12-13-24-2)19(23)18-14-20(18)8-10-21-11-9-20/h4-7,18,21H,3,8-15H2,1-2H3/t18-/m1/s1. The normalized spacial score (nSPS) is 21.7. The monoisotopic (exact) mass is 330 g/mol. The zero-order valence-corrected chi connectivity index (χ0v) is 15.0. The van der Waals surface area contributed by atoms with Gasteiger partial charge in [-0.25, -0.2) is 0 Å². The Morgan fingerprint density at radius 2 is 1.92 bits per heavy atom. The molecular formula is C20H30N2O2. The average molecular weight is 330 g/mol. The molecule has 1 amide bonds. The van der Waals surface area contributed by atoms with Gasteiger partial charge in [-0.1, -0.05) is 31.2 Å². The van der Waals surface area contributed by atoms with Crippen LogP contribution in [-0.2, 0) is 22.5 Å². The third-order valence-electron chi connectivity index (χ3n) is 5.77. The number of rotatable bonds is 7. The van der Waals surface area contributed by atoms with E-state index in [0.717, 1.165) is 38.8 Å². The van der Waals surface area contributed by atoms with Crippen molar-refractivity contribution in [2.24, 2.45) is 11.3 Å². The van der Waals surface area contributed by atoms with Gasteiger partial charge in [-0.2, -0.15) is 0 Å². The van der Waals surface area contributed by atoms with Gasteiger partial charge in [-0.3, -0.25) is 4.79 Å². The van der Waals surface area contributed by atoms with E-state index in [1.165, 1.54) is 11.1 Å². The highest BCUT2D eigenvalue weighted by molar-refractivity contribution is 5.82. The molecule has 0 unspecified atom stereocenters. The molecule has 1 aliphatic carbocycles. The molecule has 2 aliphatic rings. The predicted molar refractivity (Wildman–Crippen MR) is 95.8 cm³/mol. The molecule has 1 saturated carbocycles. The fraction of sp³-hybridized carbons (Fsp3) is 0.650. The first kappa shape index (κ1) is 17.4. The van der Waals surface area contributed by atoms with Crippen molar-refractivity contribution in [1.82, 2.24) is 10.2 Å². The SMILES string of the molecule is CCc1ccc(CN(CCOC)C(=O)[C@H]2CC23CCNCC3)cc1. The van der Waals surface area contributed by atoms with Crippen molar-refractivity contribution >= 4 is 5.91 Å². The molecule has 132 valence electrons. The van der Waals surface area contributed by atoms with Crippen LogP contribution < -0.4 is 5.32 Å². The average Bonchev–Trinajstić information content (AvgIpc) is 3.32. The molecule has 1 aliphatic heterocycles. The predicted octanol–water partition coefficient (Wildman–Crippen LogP) is 2.61. The molecule has 1 aromatic carbocycles. The lowest BCUT2D eigenvalue weighted by atomic mass is 9.91. The fourth-order valence-electron chi connectivity index (χ4n) is 3.96. The number of piperidine rings is 1. The Bertz CT molecular complexity index is 549. The van der Waals surface area contributed by atoms with Crippen molar-refractivity contribution in [2.75, 3.05) is 33.4 Å². The van der Waals surface area contributed by atoms with Gasteiger partial charge in [0.15, 0.2) is 0 Å². The first-order chi connectivity index (χ1) is 11.7. The van der Waals surface area contributed by atoms with Crippen molar-refractivity contribution < 1.29 is 9.53 Å². The van der Waals surface area contributed by atoms with E-state index in [2.05, 4.69) is 36.5 Å². The van der Waals surface area contributed by atoms with Crippen LogP contribution >= 0.6 is 0 Å². The second-order valence-electron chi connectivity index (χ2n) is 7.29. The highest BCUT2D eigenvalue weighted by atomic mass is 16.5. The number of amides is 1. The highest BCUT2D eigenvalue weighted by Crippen LogP contribution is 2.59. The van der Waals surface area contributed by atoms with Gasteiger partial charge in [-0.15, -0.1) is 0 Å². The van der Waals surface area contributed by atoms with E-state index in [9.17, 15) is 4.79 Å². The number of carbonyl (C=O) groups is 1. The minimum Gasteiger partial charge on any atom is -0.383 e. The first-order valence-corrected chi connectivity index (χ1v) is 9.25. The summed E-state index contributed by atoms with van der Waals surface area (Å²) >= 11 is 0. The molecule has 4 nitrogen and oxygen atoms in total. The Balaban J connectivity index is 1.65. The largest absolute Gasteiger partial charge is 0.383 e. The summed E-state index contributed by atoms with van der Waals surface area (Å²) in [5, 5.41) is 3.41. The second-order valence-corrected chi connectivity index (χ2v) is 7.29. The summed E-state index contributed by atoms with van der Waals surface area (Å²) in [5.41, 5.74) is 2.83. The number of carbonyl (C=O) groups excluding carboxylic acids is 1. The molecule has 1 saturated heterocycles. The van der Waals surface area contributed by atoms with Crippen LogP contribution in [0.3, 0.4) is 0 Å². The fourth-order valence-corrected chi connectivity index (χ4v) is 3.96. The molecule has 24 heavy (non-hydrogen) atoms. The lowest BCUT2D eigenvalue weighted by Gasteiger charge is -2.27. The van der Waals surface area contributed by atoms with Gasteiger partial charge in [0.1, 0.15) is 0 Å². The Morgan fingerprint density at radius 1 is 1.25 bits per heavy atom. The molecule has 1 heterocycles. The van der Waals surface area contributed by atoms with Crippen molar-refractivity contribution in [1.29, 1.82) is 0 Å². The number of methoxy groups -OCH3 is 1. The van der Waals surface area contributed by atoms with Gasteiger partial charge in [0, 0.05) is 26.1 Å². The maximum absolute atomic E-state index is 13.1. The van der Waals surface area contributed by atoms with Crippen molar-refractivity contribution in [3.8, 4) is 0 Å². The van der Waals surface area contributed by atoms with E-state index in [1.54, 1.807) is 7.11 Å². The Labute approximate surface area is 145 Å². The molecule has 1 aromatic rings. The van der Waals surface area contributed by atoms with E-state index >= 15 is 0 Å². The maximum atomic E-state index is 13.1. The summed E-state index contributed by atoms with van der Waals surface area (Å²) in [6.07, 6.45) is 4.41. The number of hydrogen-bond acceptors (Lipinski definition) is 3. The summed E-state index contributed by atoms with van der Waals surface area (Å²) in [6.45, 7) is 6.24. The number of benzene rings is 1. The Morgan fingerprint density at radius 3 is 2.54 bits per heavy atom. The van der Waals surface area contributed by atoms with Crippen LogP contribution in [0.15, 0.2) is 24.3 Å². The van der Waals surface area contributed by atoms with Gasteiger partial charge >= 0.3 is 0 Å². The van der Waals surface area contributed by atoms with E-state index in [0.29, 0.717) is 31.0 Å². The Kier molecular flexibility index (Phi) is 5.57. The lowest BCUT2D eigenvalue weighted by molar-refractivity contribution is -0.135. The zero-order chi connectivity index (χ0) is 17.0. The molecule has 1 spiro atoms. The maximum Gasteiger partial charge on any atom is 0.226 e. The summed E-state index contributed by atoms with van der Waals surface area (Å²) in [6, 6.07) is 8.64. The van der Waals surface area contributed by atoms with Crippen LogP contribution in [0.1, 0.15) is 37.3 Å². The van der Waals surface area contributed by atoms with Gasteiger partial charge in [0.05, 0.1) is 6.61 Å². The van der Waals surface area contributed by atoms with E-state index in [-0.39, 0.29) is 5.92 Å². The van der Waals surface area contributed by atoms with Crippen LogP contribution in [0, 0.1) is 11.3 Å². The number of nitrogens with zero attached hydrogens (tertiary/aromatic N) is 1. The lowest BCUT2D eigenvalue weighted by Crippen LogP contribution is -2.37. The Hall–Kier alpha value is -1.39. The van der Waals surface area contributed by atoms with Gasteiger partial charge in [0.2, 0.25) is 5.91 Å². The van der Waals surface area contributed by atoms with Crippen LogP contribution in [0.4, 0.5) is 0 Å². The van der Waals surface area contributed by atoms with Crippen LogP contribution in [0.25, 0.3) is 0 Å². The number of hydrogen-bond donors (Lipinski definition) is 1. The van der Waals surface area contributed by atoms with Crippen molar-refractivity contribution in [3.63, 3.8) is 0 Å². The topological polar surface area (TPSA) is 41.6 Å². The number of ether oxygens (including phenoxy) is 1. The van der Waals surface area contributed by atoms with Gasteiger partial charge < -0.3 is 15.0 Å². The summed E-state index contributed by atoms with van der Waals surface area (Å²) in [5.74, 6) is 0.555. The quantitative estimate of drug-likeness (QED) is 0.835. The molecular weight excluding hydrogens is 300 g/mol. The summed E-state index contributed by atoms with van der Waals surface area (Å²) in [4.78, 5) is 15.1. The molecule has 2 fully saturated rings. The highest BCUT2D eigenvalue weighted by Gasteiger charge is 2.58. The number of nitrogens with one attached hydrogen (secondary N) is 1. The molecule has 3 rings (SSSR count). The third kappa shape index (κ3) is 3.81. The molecule has 1 N–H and O–H groups in total. The third-order valence-corrected chi connectivity index (χ3v) is 5.77. The van der Waals surface area contributed by atoms with Crippen LogP contribution in [0.5, 0.6) is 0 Å². The second kappa shape index (κ2) is 7.66. The molecule has 4 heteroatoms. The molecule has 0 aromatic heterocycles. The number of aryl methyl sites for hydroxylation is 1. The van der Waals surface area contributed by atoms with Crippen molar-refractivity contribution in [3.05, 3.63) is 35.4 Å². The van der Waals surface area contributed by atoms with E-state index in [4.69, 9.17) is 4.74 Å². The summed E-state index contributed by atoms with van der Waals surface area (Å²) in [7, 11) is 1.70. The summed E-state index contributed by atoms with van der Waals surface area (Å²) < 4.78 is 5.23.